The Morgan fingerprint density at radius 1 is 1.24 bits per heavy atom. The zero-order valence-corrected chi connectivity index (χ0v) is 9.26. The van der Waals surface area contributed by atoms with Gasteiger partial charge in [0.2, 0.25) is 5.91 Å². The maximum atomic E-state index is 12.2. The molecule has 0 saturated carbocycles. The Balaban J connectivity index is 2.08. The van der Waals surface area contributed by atoms with Gasteiger partial charge in [0.1, 0.15) is 6.42 Å². The molecular weight excluding hydrogens is 239 g/mol. The fraction of sp³-hybridized carbons (Fsp3) is 0.900. The van der Waals surface area contributed by atoms with Crippen LogP contribution < -0.4 is 0 Å². The van der Waals surface area contributed by atoms with Crippen LogP contribution >= 0.6 is 0 Å². The summed E-state index contributed by atoms with van der Waals surface area (Å²) < 4.78 is 47.1. The third-order valence-corrected chi connectivity index (χ3v) is 3.14. The van der Waals surface area contributed by atoms with E-state index in [4.69, 9.17) is 9.47 Å². The van der Waals surface area contributed by atoms with E-state index in [0.29, 0.717) is 13.0 Å². The first-order chi connectivity index (χ1) is 7.93. The van der Waals surface area contributed by atoms with Crippen molar-refractivity contribution in [3.8, 4) is 0 Å². The van der Waals surface area contributed by atoms with E-state index in [1.807, 2.05) is 0 Å². The van der Waals surface area contributed by atoms with Crippen LogP contribution in [-0.2, 0) is 14.3 Å². The second-order valence-corrected chi connectivity index (χ2v) is 4.42. The Bertz CT molecular complexity index is 300. The molecule has 0 aromatic rings. The summed E-state index contributed by atoms with van der Waals surface area (Å²) in [5.74, 6) is -0.883. The molecular formula is C10H14F3NO3. The zero-order valence-electron chi connectivity index (χ0n) is 9.26. The van der Waals surface area contributed by atoms with Crippen molar-refractivity contribution < 1.29 is 27.4 Å². The normalized spacial score (nSPS) is 29.9. The van der Waals surface area contributed by atoms with Crippen LogP contribution in [0.1, 0.15) is 12.8 Å². The first-order valence-corrected chi connectivity index (χ1v) is 5.46. The van der Waals surface area contributed by atoms with Gasteiger partial charge in [-0.3, -0.25) is 4.79 Å². The highest BCUT2D eigenvalue weighted by molar-refractivity contribution is 5.78. The van der Waals surface area contributed by atoms with Gasteiger partial charge in [0.05, 0.1) is 25.4 Å². The number of nitrogens with zero attached hydrogens (tertiary/aromatic N) is 1. The summed E-state index contributed by atoms with van der Waals surface area (Å²) in [6.45, 7) is 1.47. The molecule has 17 heavy (non-hydrogen) atoms. The van der Waals surface area contributed by atoms with Gasteiger partial charge >= 0.3 is 6.18 Å². The molecule has 0 unspecified atom stereocenters. The Morgan fingerprint density at radius 2 is 1.88 bits per heavy atom. The first kappa shape index (κ1) is 12.6. The van der Waals surface area contributed by atoms with Crippen molar-refractivity contribution in [1.29, 1.82) is 0 Å². The highest BCUT2D eigenvalue weighted by Crippen LogP contribution is 2.31. The maximum absolute atomic E-state index is 12.2. The lowest BCUT2D eigenvalue weighted by Crippen LogP contribution is -2.60. The molecule has 2 saturated heterocycles. The molecule has 1 amide bonds. The molecule has 2 aliphatic rings. The fourth-order valence-corrected chi connectivity index (χ4v) is 2.31. The fourth-order valence-electron chi connectivity index (χ4n) is 2.31. The minimum atomic E-state index is -4.46. The minimum Gasteiger partial charge on any atom is -0.379 e. The van der Waals surface area contributed by atoms with Crippen LogP contribution in [0.5, 0.6) is 0 Å². The predicted octanol–water partition coefficient (Wildman–Crippen LogP) is 0.957. The van der Waals surface area contributed by atoms with Crippen molar-refractivity contribution >= 4 is 5.91 Å². The number of alkyl halides is 3. The highest BCUT2D eigenvalue weighted by atomic mass is 19.4. The van der Waals surface area contributed by atoms with Crippen LogP contribution in [0.4, 0.5) is 13.2 Å². The monoisotopic (exact) mass is 253 g/mol. The van der Waals surface area contributed by atoms with Crippen LogP contribution in [0, 0.1) is 0 Å². The Kier molecular flexibility index (Phi) is 3.31. The van der Waals surface area contributed by atoms with E-state index in [0.717, 1.165) is 0 Å². The molecule has 2 fully saturated rings. The number of amides is 1. The van der Waals surface area contributed by atoms with Gasteiger partial charge in [-0.15, -0.1) is 0 Å². The van der Waals surface area contributed by atoms with Gasteiger partial charge in [0.25, 0.3) is 0 Å². The molecule has 7 heteroatoms. The van der Waals surface area contributed by atoms with Crippen LogP contribution in [0.2, 0.25) is 0 Å². The molecule has 2 aliphatic heterocycles. The van der Waals surface area contributed by atoms with Gasteiger partial charge in [-0.25, -0.2) is 0 Å². The smallest absolute Gasteiger partial charge is 0.379 e. The zero-order chi connectivity index (χ0) is 12.5. The Morgan fingerprint density at radius 3 is 2.47 bits per heavy atom. The number of morpholine rings is 1. The summed E-state index contributed by atoms with van der Waals surface area (Å²) in [5, 5.41) is 0. The lowest BCUT2D eigenvalue weighted by atomic mass is 9.95. The van der Waals surface area contributed by atoms with Crippen LogP contribution in [-0.4, -0.2) is 55.5 Å². The molecule has 0 bridgehead atoms. The molecule has 98 valence electrons. The molecule has 0 aliphatic carbocycles. The number of carbonyl (C=O) groups is 1. The summed E-state index contributed by atoms with van der Waals surface area (Å²) in [7, 11) is 0. The summed E-state index contributed by atoms with van der Waals surface area (Å²) in [6.07, 6.45) is -5.33. The molecule has 1 atom stereocenters. The molecule has 0 aromatic heterocycles. The second-order valence-electron chi connectivity index (χ2n) is 4.42. The number of rotatable bonds is 1. The van der Waals surface area contributed by atoms with Crippen LogP contribution in [0.15, 0.2) is 0 Å². The van der Waals surface area contributed by atoms with Gasteiger partial charge in [-0.2, -0.15) is 13.2 Å². The third-order valence-electron chi connectivity index (χ3n) is 3.14. The maximum Gasteiger partial charge on any atom is 0.397 e. The first-order valence-electron chi connectivity index (χ1n) is 5.46. The van der Waals surface area contributed by atoms with Gasteiger partial charge in [0, 0.05) is 13.2 Å². The lowest BCUT2D eigenvalue weighted by Gasteiger charge is -2.43. The average Bonchev–Trinajstić information content (AvgIpc) is 2.65. The molecule has 2 rings (SSSR count). The number of hydrogen-bond acceptors (Lipinski definition) is 3. The minimum absolute atomic E-state index is 0.207. The number of halogens is 3. The molecule has 0 N–H and O–H groups in total. The van der Waals surface area contributed by atoms with Crippen molar-refractivity contribution in [1.82, 2.24) is 4.90 Å². The predicted molar refractivity (Wildman–Crippen MR) is 51.4 cm³/mol. The standard InChI is InChI=1S/C10H14F3NO3/c11-10(12,13)5-8(15)14-2-4-17-7-9(14)1-3-16-6-9/h1-7H2/t9-/m0/s1. The van der Waals surface area contributed by atoms with Crippen molar-refractivity contribution in [3.63, 3.8) is 0 Å². The summed E-state index contributed by atoms with van der Waals surface area (Å²) in [6, 6.07) is 0. The van der Waals surface area contributed by atoms with Crippen molar-refractivity contribution in [2.45, 2.75) is 24.6 Å². The van der Waals surface area contributed by atoms with Crippen LogP contribution in [0.3, 0.4) is 0 Å². The van der Waals surface area contributed by atoms with E-state index in [-0.39, 0.29) is 26.4 Å². The van der Waals surface area contributed by atoms with Gasteiger partial charge in [0.15, 0.2) is 0 Å². The van der Waals surface area contributed by atoms with Gasteiger partial charge in [-0.1, -0.05) is 0 Å². The van der Waals surface area contributed by atoms with E-state index in [1.165, 1.54) is 4.90 Å². The van der Waals surface area contributed by atoms with E-state index < -0.39 is 24.0 Å². The SMILES string of the molecule is O=C(CC(F)(F)F)N1CCOC[C@@]12CCOC2. The summed E-state index contributed by atoms with van der Waals surface area (Å²) in [5.41, 5.74) is -0.680. The van der Waals surface area contributed by atoms with Gasteiger partial charge in [-0.05, 0) is 6.42 Å². The molecule has 1 spiro atoms. The highest BCUT2D eigenvalue weighted by Gasteiger charge is 2.47. The van der Waals surface area contributed by atoms with Crippen molar-refractivity contribution in [2.75, 3.05) is 33.0 Å². The number of carbonyl (C=O) groups excluding carboxylic acids is 1. The lowest BCUT2D eigenvalue weighted by molar-refractivity contribution is -0.173. The van der Waals surface area contributed by atoms with E-state index in [9.17, 15) is 18.0 Å². The Hall–Kier alpha value is -0.820. The average molecular weight is 253 g/mol. The largest absolute Gasteiger partial charge is 0.397 e. The topological polar surface area (TPSA) is 38.8 Å². The van der Waals surface area contributed by atoms with E-state index >= 15 is 0 Å². The van der Waals surface area contributed by atoms with Crippen molar-refractivity contribution in [3.05, 3.63) is 0 Å². The van der Waals surface area contributed by atoms with Gasteiger partial charge < -0.3 is 14.4 Å². The molecule has 2 heterocycles. The summed E-state index contributed by atoms with van der Waals surface area (Å²) >= 11 is 0. The second kappa shape index (κ2) is 4.45. The quantitative estimate of drug-likeness (QED) is 0.698. The van der Waals surface area contributed by atoms with Crippen molar-refractivity contribution in [2.24, 2.45) is 0 Å². The summed E-state index contributed by atoms with van der Waals surface area (Å²) in [4.78, 5) is 13.0. The third kappa shape index (κ3) is 2.71. The van der Waals surface area contributed by atoms with E-state index in [2.05, 4.69) is 0 Å². The van der Waals surface area contributed by atoms with Crippen LogP contribution in [0.25, 0.3) is 0 Å². The van der Waals surface area contributed by atoms with E-state index in [1.54, 1.807) is 0 Å². The molecule has 0 radical (unpaired) electrons. The number of hydrogen-bond donors (Lipinski definition) is 0. The Labute approximate surface area is 96.7 Å². The molecule has 0 aromatic carbocycles. The molecule has 4 nitrogen and oxygen atoms in total. The number of ether oxygens (including phenoxy) is 2.